The minimum absolute atomic E-state index is 0.148. The quantitative estimate of drug-likeness (QED) is 0.307. The van der Waals surface area contributed by atoms with E-state index < -0.39 is 0 Å². The number of anilines is 2. The van der Waals surface area contributed by atoms with Crippen molar-refractivity contribution < 1.29 is 4.79 Å². The third kappa shape index (κ3) is 3.56. The average molecular weight is 236 g/mol. The maximum Gasteiger partial charge on any atom is 0.223 e. The number of nitrogens with one attached hydrogen (secondary N) is 3. The van der Waals surface area contributed by atoms with Crippen LogP contribution in [0.5, 0.6) is 0 Å². The molecule has 1 heterocycles. The lowest BCUT2D eigenvalue weighted by Gasteiger charge is -2.07. The molecule has 5 N–H and O–H groups in total. The number of nitrogens with zero attached hydrogens (tertiary/aromatic N) is 2. The van der Waals surface area contributed by atoms with E-state index in [1.165, 1.54) is 6.20 Å². The number of carbonyl (C=O) groups is 1. The Morgan fingerprint density at radius 1 is 1.35 bits per heavy atom. The summed E-state index contributed by atoms with van der Waals surface area (Å²) in [5.74, 6) is 6.74. The van der Waals surface area contributed by atoms with Gasteiger partial charge in [-0.05, 0) is 12.8 Å². The fourth-order valence-electron chi connectivity index (χ4n) is 1.39. The fraction of sp³-hybridized carbons (Fsp3) is 0.500. The van der Waals surface area contributed by atoms with Crippen LogP contribution in [0.15, 0.2) is 12.4 Å². The van der Waals surface area contributed by atoms with Gasteiger partial charge in [0.15, 0.2) is 5.82 Å². The number of hydrogen-bond acceptors (Lipinski definition) is 6. The van der Waals surface area contributed by atoms with Crippen molar-refractivity contribution in [1.82, 2.24) is 15.3 Å². The van der Waals surface area contributed by atoms with Gasteiger partial charge in [0, 0.05) is 19.0 Å². The molecule has 0 saturated heterocycles. The van der Waals surface area contributed by atoms with Gasteiger partial charge in [-0.2, -0.15) is 0 Å². The molecule has 17 heavy (non-hydrogen) atoms. The van der Waals surface area contributed by atoms with Gasteiger partial charge in [-0.3, -0.25) is 9.78 Å². The molecule has 0 aliphatic heterocycles. The van der Waals surface area contributed by atoms with Crippen molar-refractivity contribution in [3.05, 3.63) is 12.4 Å². The van der Waals surface area contributed by atoms with Crippen molar-refractivity contribution in [3.8, 4) is 0 Å². The Labute approximate surface area is 99.2 Å². The van der Waals surface area contributed by atoms with Crippen LogP contribution in [0, 0.1) is 5.92 Å². The largest absolute Gasteiger partial charge is 0.367 e. The minimum atomic E-state index is 0.148. The number of aromatic nitrogens is 2. The Hall–Kier alpha value is -1.89. The van der Waals surface area contributed by atoms with E-state index in [9.17, 15) is 4.79 Å². The third-order valence-electron chi connectivity index (χ3n) is 2.46. The number of hydrazine groups is 1. The SMILES string of the molecule is NNc1cncc(NCCNC(=O)C2CC2)n1. The van der Waals surface area contributed by atoms with E-state index in [-0.39, 0.29) is 11.8 Å². The van der Waals surface area contributed by atoms with Crippen LogP contribution in [-0.4, -0.2) is 29.0 Å². The second kappa shape index (κ2) is 5.44. The molecular weight excluding hydrogens is 220 g/mol. The third-order valence-corrected chi connectivity index (χ3v) is 2.46. The van der Waals surface area contributed by atoms with Crippen molar-refractivity contribution in [2.24, 2.45) is 11.8 Å². The van der Waals surface area contributed by atoms with Crippen molar-refractivity contribution in [3.63, 3.8) is 0 Å². The molecule has 1 aliphatic rings. The zero-order valence-electron chi connectivity index (χ0n) is 9.44. The molecular formula is C10H16N6O. The Morgan fingerprint density at radius 2 is 2.12 bits per heavy atom. The first-order valence-electron chi connectivity index (χ1n) is 5.60. The average Bonchev–Trinajstić information content (AvgIpc) is 3.19. The maximum atomic E-state index is 11.3. The van der Waals surface area contributed by atoms with Gasteiger partial charge in [0.25, 0.3) is 0 Å². The van der Waals surface area contributed by atoms with Gasteiger partial charge in [-0.15, -0.1) is 0 Å². The van der Waals surface area contributed by atoms with Gasteiger partial charge in [0.1, 0.15) is 5.82 Å². The molecule has 1 fully saturated rings. The van der Waals surface area contributed by atoms with E-state index in [2.05, 4.69) is 26.0 Å². The lowest BCUT2D eigenvalue weighted by Crippen LogP contribution is -2.30. The van der Waals surface area contributed by atoms with Crippen LogP contribution in [0.4, 0.5) is 11.6 Å². The predicted molar refractivity (Wildman–Crippen MR) is 64.1 cm³/mol. The smallest absolute Gasteiger partial charge is 0.223 e. The number of hydrogen-bond donors (Lipinski definition) is 4. The second-order valence-electron chi connectivity index (χ2n) is 3.93. The van der Waals surface area contributed by atoms with Crippen molar-refractivity contribution >= 4 is 17.5 Å². The Morgan fingerprint density at radius 3 is 2.82 bits per heavy atom. The maximum absolute atomic E-state index is 11.3. The number of nitrogen functional groups attached to an aromatic ring is 1. The summed E-state index contributed by atoms with van der Waals surface area (Å²) >= 11 is 0. The lowest BCUT2D eigenvalue weighted by atomic mass is 10.4. The molecule has 1 amide bonds. The summed E-state index contributed by atoms with van der Waals surface area (Å²) in [7, 11) is 0. The highest BCUT2D eigenvalue weighted by Gasteiger charge is 2.28. The summed E-state index contributed by atoms with van der Waals surface area (Å²) in [5.41, 5.74) is 2.42. The van der Waals surface area contributed by atoms with E-state index in [0.717, 1.165) is 12.8 Å². The normalized spacial score (nSPS) is 14.2. The van der Waals surface area contributed by atoms with E-state index in [1.54, 1.807) is 6.20 Å². The van der Waals surface area contributed by atoms with Crippen LogP contribution in [0.25, 0.3) is 0 Å². The van der Waals surface area contributed by atoms with Crippen molar-refractivity contribution in [2.45, 2.75) is 12.8 Å². The summed E-state index contributed by atoms with van der Waals surface area (Å²) in [4.78, 5) is 19.4. The number of carbonyl (C=O) groups excluding carboxylic acids is 1. The van der Waals surface area contributed by atoms with Gasteiger partial charge in [-0.1, -0.05) is 0 Å². The molecule has 0 bridgehead atoms. The highest BCUT2D eigenvalue weighted by molar-refractivity contribution is 5.80. The molecule has 92 valence electrons. The molecule has 2 rings (SSSR count). The Kier molecular flexibility index (Phi) is 3.71. The summed E-state index contributed by atoms with van der Waals surface area (Å²) in [5, 5.41) is 5.90. The van der Waals surface area contributed by atoms with Crippen LogP contribution in [0.2, 0.25) is 0 Å². The van der Waals surface area contributed by atoms with Gasteiger partial charge in [0.2, 0.25) is 5.91 Å². The van der Waals surface area contributed by atoms with Gasteiger partial charge in [-0.25, -0.2) is 10.8 Å². The topological polar surface area (TPSA) is 105 Å². The predicted octanol–water partition coefficient (Wildman–Crippen LogP) is -0.300. The van der Waals surface area contributed by atoms with Crippen LogP contribution < -0.4 is 21.9 Å². The summed E-state index contributed by atoms with van der Waals surface area (Å²) in [6, 6.07) is 0. The first-order chi connectivity index (χ1) is 8.29. The summed E-state index contributed by atoms with van der Waals surface area (Å²) in [6.45, 7) is 1.19. The van der Waals surface area contributed by atoms with Crippen molar-refractivity contribution in [2.75, 3.05) is 23.8 Å². The molecule has 0 spiro atoms. The highest BCUT2D eigenvalue weighted by Crippen LogP contribution is 2.28. The van der Waals surface area contributed by atoms with E-state index in [1.807, 2.05) is 0 Å². The molecule has 7 nitrogen and oxygen atoms in total. The first kappa shape index (κ1) is 11.6. The molecule has 7 heteroatoms. The highest BCUT2D eigenvalue weighted by atomic mass is 16.2. The fourth-order valence-corrected chi connectivity index (χ4v) is 1.39. The molecule has 0 radical (unpaired) electrons. The molecule has 1 aromatic heterocycles. The second-order valence-corrected chi connectivity index (χ2v) is 3.93. The molecule has 0 unspecified atom stereocenters. The number of nitrogens with two attached hydrogens (primary N) is 1. The zero-order valence-corrected chi connectivity index (χ0v) is 9.44. The molecule has 0 aromatic carbocycles. The summed E-state index contributed by atoms with van der Waals surface area (Å²) < 4.78 is 0. The minimum Gasteiger partial charge on any atom is -0.367 e. The molecule has 1 aliphatic carbocycles. The van der Waals surface area contributed by atoms with Gasteiger partial charge < -0.3 is 16.1 Å². The molecule has 1 aromatic rings. The monoisotopic (exact) mass is 236 g/mol. The van der Waals surface area contributed by atoms with Crippen molar-refractivity contribution in [1.29, 1.82) is 0 Å². The molecule has 1 saturated carbocycles. The zero-order chi connectivity index (χ0) is 12.1. The van der Waals surface area contributed by atoms with Crippen LogP contribution in [0.3, 0.4) is 0 Å². The lowest BCUT2D eigenvalue weighted by molar-refractivity contribution is -0.122. The Bertz CT molecular complexity index is 392. The van der Waals surface area contributed by atoms with E-state index >= 15 is 0 Å². The number of rotatable bonds is 6. The van der Waals surface area contributed by atoms with Crippen LogP contribution in [-0.2, 0) is 4.79 Å². The first-order valence-corrected chi connectivity index (χ1v) is 5.60. The van der Waals surface area contributed by atoms with Crippen LogP contribution in [0.1, 0.15) is 12.8 Å². The number of amides is 1. The summed E-state index contributed by atoms with van der Waals surface area (Å²) in [6.07, 6.45) is 5.17. The standard InChI is InChI=1S/C10H16N6O/c11-16-9-6-12-5-8(15-9)13-3-4-14-10(17)7-1-2-7/h5-7H,1-4,11H2,(H,14,17)(H2,13,15,16). The Balaban J connectivity index is 1.68. The van der Waals surface area contributed by atoms with Gasteiger partial charge in [0.05, 0.1) is 12.4 Å². The van der Waals surface area contributed by atoms with E-state index in [4.69, 9.17) is 5.84 Å². The molecule has 0 atom stereocenters. The van der Waals surface area contributed by atoms with Gasteiger partial charge >= 0.3 is 0 Å². The van der Waals surface area contributed by atoms with Crippen LogP contribution >= 0.6 is 0 Å². The van der Waals surface area contributed by atoms with E-state index in [0.29, 0.717) is 24.7 Å².